The molecule has 5 heteroatoms. The Kier molecular flexibility index (Phi) is 5.56. The normalized spacial score (nSPS) is 20.9. The van der Waals surface area contributed by atoms with Gasteiger partial charge < -0.3 is 11.1 Å². The quantitative estimate of drug-likeness (QED) is 0.719. The van der Waals surface area contributed by atoms with Crippen molar-refractivity contribution in [2.75, 3.05) is 39.3 Å². The summed E-state index contributed by atoms with van der Waals surface area (Å²) in [6.07, 6.45) is 0. The van der Waals surface area contributed by atoms with E-state index in [1.54, 1.807) is 0 Å². The first kappa shape index (κ1) is 15.4. The van der Waals surface area contributed by atoms with Crippen LogP contribution >= 0.6 is 0 Å². The Hall–Kier alpha value is -0.650. The van der Waals surface area contributed by atoms with Crippen molar-refractivity contribution in [3.8, 4) is 0 Å². The number of rotatable bonds is 5. The van der Waals surface area contributed by atoms with Crippen molar-refractivity contribution < 1.29 is 4.79 Å². The molecule has 1 amide bonds. The third-order valence-corrected chi connectivity index (χ3v) is 3.56. The highest BCUT2D eigenvalue weighted by Gasteiger charge is 2.27. The van der Waals surface area contributed by atoms with Crippen LogP contribution in [0.1, 0.15) is 27.7 Å². The lowest BCUT2D eigenvalue weighted by molar-refractivity contribution is -0.120. The van der Waals surface area contributed by atoms with Gasteiger partial charge in [-0.1, -0.05) is 6.92 Å². The molecule has 3 N–H and O–H groups in total. The molecular formula is C13H28N4O. The van der Waals surface area contributed by atoms with Crippen LogP contribution < -0.4 is 11.1 Å². The molecule has 0 aromatic carbocycles. The predicted molar refractivity (Wildman–Crippen MR) is 74.4 cm³/mol. The molecule has 1 aliphatic heterocycles. The lowest BCUT2D eigenvalue weighted by Crippen LogP contribution is -2.57. The number of likely N-dealkylation sites (N-methyl/N-ethyl adjacent to an activating group) is 1. The molecule has 1 heterocycles. The maximum Gasteiger partial charge on any atom is 0.235 e. The number of hydrogen-bond acceptors (Lipinski definition) is 4. The number of nitrogens with zero attached hydrogens (tertiary/aromatic N) is 2. The van der Waals surface area contributed by atoms with E-state index in [2.05, 4.69) is 35.9 Å². The van der Waals surface area contributed by atoms with Crippen LogP contribution in [0.15, 0.2) is 0 Å². The van der Waals surface area contributed by atoms with Gasteiger partial charge in [-0.05, 0) is 27.3 Å². The van der Waals surface area contributed by atoms with E-state index in [1.165, 1.54) is 0 Å². The van der Waals surface area contributed by atoms with Crippen LogP contribution in [0.2, 0.25) is 0 Å². The molecule has 1 rings (SSSR count). The number of piperazine rings is 1. The van der Waals surface area contributed by atoms with Gasteiger partial charge in [0, 0.05) is 38.3 Å². The second-order valence-electron chi connectivity index (χ2n) is 5.97. The third-order valence-electron chi connectivity index (χ3n) is 3.56. The first-order valence-electron chi connectivity index (χ1n) is 6.84. The molecule has 0 aromatic rings. The molecule has 0 aliphatic carbocycles. The van der Waals surface area contributed by atoms with E-state index in [1.807, 2.05) is 6.92 Å². The van der Waals surface area contributed by atoms with Crippen molar-refractivity contribution in [2.45, 2.75) is 39.3 Å². The lowest BCUT2D eigenvalue weighted by atomic mass is 10.0. The summed E-state index contributed by atoms with van der Waals surface area (Å²) >= 11 is 0. The average molecular weight is 256 g/mol. The molecule has 0 aromatic heterocycles. The van der Waals surface area contributed by atoms with Gasteiger partial charge in [0.05, 0.1) is 6.04 Å². The minimum atomic E-state index is -0.255. The Balaban J connectivity index is 2.41. The number of primary amides is 1. The molecule has 1 atom stereocenters. The number of carbonyl (C=O) groups is 1. The molecule has 5 nitrogen and oxygen atoms in total. The Morgan fingerprint density at radius 2 is 1.83 bits per heavy atom. The minimum absolute atomic E-state index is 0.226. The zero-order valence-electron chi connectivity index (χ0n) is 12.2. The summed E-state index contributed by atoms with van der Waals surface area (Å²) in [5.41, 5.74) is 5.63. The summed E-state index contributed by atoms with van der Waals surface area (Å²) in [7, 11) is 0. The summed E-state index contributed by atoms with van der Waals surface area (Å²) in [5, 5.41) is 3.14. The third kappa shape index (κ3) is 4.55. The highest BCUT2D eigenvalue weighted by molar-refractivity contribution is 5.80. The van der Waals surface area contributed by atoms with Gasteiger partial charge in [-0.3, -0.25) is 14.6 Å². The van der Waals surface area contributed by atoms with Gasteiger partial charge in [-0.15, -0.1) is 0 Å². The molecule has 0 spiro atoms. The Labute approximate surface area is 111 Å². The number of nitrogens with one attached hydrogen (secondary N) is 1. The molecule has 0 saturated carbocycles. The van der Waals surface area contributed by atoms with E-state index in [4.69, 9.17) is 5.73 Å². The predicted octanol–water partition coefficient (Wildman–Crippen LogP) is -0.134. The molecule has 1 saturated heterocycles. The molecule has 1 aliphatic rings. The van der Waals surface area contributed by atoms with E-state index in [0.29, 0.717) is 0 Å². The van der Waals surface area contributed by atoms with Crippen molar-refractivity contribution >= 4 is 5.91 Å². The number of hydrogen-bond donors (Lipinski definition) is 2. The molecule has 106 valence electrons. The van der Waals surface area contributed by atoms with E-state index in [-0.39, 0.29) is 17.5 Å². The van der Waals surface area contributed by atoms with Gasteiger partial charge in [0.15, 0.2) is 0 Å². The van der Waals surface area contributed by atoms with E-state index < -0.39 is 0 Å². The Bertz CT molecular complexity index is 267. The summed E-state index contributed by atoms with van der Waals surface area (Å²) in [6.45, 7) is 14.3. The van der Waals surface area contributed by atoms with Crippen molar-refractivity contribution in [2.24, 2.45) is 5.73 Å². The molecule has 18 heavy (non-hydrogen) atoms. The Morgan fingerprint density at radius 1 is 1.28 bits per heavy atom. The molecule has 0 bridgehead atoms. The fraction of sp³-hybridized carbons (Fsp3) is 0.923. The van der Waals surface area contributed by atoms with Gasteiger partial charge in [-0.25, -0.2) is 0 Å². The highest BCUT2D eigenvalue weighted by Crippen LogP contribution is 2.15. The fourth-order valence-electron chi connectivity index (χ4n) is 2.36. The summed E-state index contributed by atoms with van der Waals surface area (Å²) in [4.78, 5) is 16.1. The van der Waals surface area contributed by atoms with Crippen molar-refractivity contribution in [3.05, 3.63) is 0 Å². The van der Waals surface area contributed by atoms with E-state index in [9.17, 15) is 4.79 Å². The van der Waals surface area contributed by atoms with Crippen molar-refractivity contribution in [3.63, 3.8) is 0 Å². The van der Waals surface area contributed by atoms with Crippen LogP contribution in [0.5, 0.6) is 0 Å². The van der Waals surface area contributed by atoms with Crippen molar-refractivity contribution in [1.82, 2.24) is 15.1 Å². The van der Waals surface area contributed by atoms with Crippen LogP contribution in [-0.4, -0.2) is 66.6 Å². The number of nitrogens with two attached hydrogens (primary N) is 1. The minimum Gasteiger partial charge on any atom is -0.368 e. The average Bonchev–Trinajstić information content (AvgIpc) is 2.28. The molecule has 1 fully saturated rings. The highest BCUT2D eigenvalue weighted by atomic mass is 16.1. The van der Waals surface area contributed by atoms with Crippen LogP contribution in [0, 0.1) is 0 Å². The number of carbonyl (C=O) groups excluding carboxylic acids is 1. The summed E-state index contributed by atoms with van der Waals surface area (Å²) < 4.78 is 0. The van der Waals surface area contributed by atoms with Gasteiger partial charge in [-0.2, -0.15) is 0 Å². The maximum absolute atomic E-state index is 11.3. The summed E-state index contributed by atoms with van der Waals surface area (Å²) in [5.74, 6) is -0.255. The zero-order valence-corrected chi connectivity index (χ0v) is 12.2. The maximum atomic E-state index is 11.3. The fourth-order valence-corrected chi connectivity index (χ4v) is 2.36. The largest absolute Gasteiger partial charge is 0.368 e. The monoisotopic (exact) mass is 256 g/mol. The molecule has 0 radical (unpaired) electrons. The standard InChI is InChI=1S/C13H28N4O/c1-5-15-11(12(14)18)10-16-6-8-17(9-7-16)13(2,3)4/h11,15H,5-10H2,1-4H3,(H2,14,18). The lowest BCUT2D eigenvalue weighted by Gasteiger charge is -2.42. The van der Waals surface area contributed by atoms with Crippen LogP contribution in [0.3, 0.4) is 0 Å². The van der Waals surface area contributed by atoms with Gasteiger partial charge in [0.25, 0.3) is 0 Å². The van der Waals surface area contributed by atoms with Crippen LogP contribution in [0.4, 0.5) is 0 Å². The molecule has 1 unspecified atom stereocenters. The van der Waals surface area contributed by atoms with Gasteiger partial charge in [0.2, 0.25) is 5.91 Å². The van der Waals surface area contributed by atoms with Crippen molar-refractivity contribution in [1.29, 1.82) is 0 Å². The van der Waals surface area contributed by atoms with Gasteiger partial charge >= 0.3 is 0 Å². The molecular weight excluding hydrogens is 228 g/mol. The smallest absolute Gasteiger partial charge is 0.235 e. The Morgan fingerprint density at radius 3 is 2.22 bits per heavy atom. The summed E-state index contributed by atoms with van der Waals surface area (Å²) in [6, 6.07) is -0.226. The zero-order chi connectivity index (χ0) is 13.8. The van der Waals surface area contributed by atoms with Crippen LogP contribution in [0.25, 0.3) is 0 Å². The topological polar surface area (TPSA) is 61.6 Å². The van der Waals surface area contributed by atoms with E-state index >= 15 is 0 Å². The van der Waals surface area contributed by atoms with Crippen LogP contribution in [-0.2, 0) is 4.79 Å². The second kappa shape index (κ2) is 6.50. The number of amides is 1. The first-order chi connectivity index (χ1) is 8.34. The SMILES string of the molecule is CCNC(CN1CCN(C(C)(C)C)CC1)C(N)=O. The second-order valence-corrected chi connectivity index (χ2v) is 5.97. The first-order valence-corrected chi connectivity index (χ1v) is 6.84. The van der Waals surface area contributed by atoms with Gasteiger partial charge in [0.1, 0.15) is 0 Å². The van der Waals surface area contributed by atoms with E-state index in [0.717, 1.165) is 39.3 Å².